The van der Waals surface area contributed by atoms with Gasteiger partial charge in [-0.05, 0) is 49.7 Å². The number of methoxy groups -OCH3 is 1. The number of hydrogen-bond acceptors (Lipinski definition) is 4. The maximum Gasteiger partial charge on any atom is 0.174 e. The summed E-state index contributed by atoms with van der Waals surface area (Å²) in [6.07, 6.45) is 0. The van der Waals surface area contributed by atoms with Gasteiger partial charge in [0.1, 0.15) is 5.75 Å². The molecule has 0 aliphatic heterocycles. The van der Waals surface area contributed by atoms with Gasteiger partial charge in [0.25, 0.3) is 0 Å². The minimum Gasteiger partial charge on any atom is -0.497 e. The number of rotatable bonds is 5. The number of fused-ring (bicyclic) bond motifs is 2. The average molecular weight is 438 g/mol. The number of carbonyl (C=O) groups excluding carboxylic acids is 1. The van der Waals surface area contributed by atoms with Crippen LogP contribution < -0.4 is 4.74 Å². The van der Waals surface area contributed by atoms with Crippen molar-refractivity contribution in [3.63, 3.8) is 0 Å². The molecule has 0 unspecified atom stereocenters. The van der Waals surface area contributed by atoms with Gasteiger partial charge < -0.3 is 4.74 Å². The van der Waals surface area contributed by atoms with E-state index in [0.29, 0.717) is 0 Å². The molecular weight excluding hydrogens is 414 g/mol. The predicted octanol–water partition coefficient (Wildman–Crippen LogP) is 7.29. The second-order valence-electron chi connectivity index (χ2n) is 8.37. The van der Waals surface area contributed by atoms with E-state index in [2.05, 4.69) is 18.2 Å². The predicted molar refractivity (Wildman–Crippen MR) is 133 cm³/mol. The number of aromatic nitrogens is 1. The Morgan fingerprint density at radius 1 is 0.875 bits per heavy atom. The molecule has 3 nitrogen and oxygen atoms in total. The molecular formula is C28H23NO2S. The molecule has 5 aromatic rings. The van der Waals surface area contributed by atoms with Crippen molar-refractivity contribution >= 4 is 38.1 Å². The summed E-state index contributed by atoms with van der Waals surface area (Å²) in [6.45, 7) is 3.97. The fourth-order valence-electron chi connectivity index (χ4n) is 4.10. The van der Waals surface area contributed by atoms with Crippen LogP contribution in [0.15, 0.2) is 84.9 Å². The van der Waals surface area contributed by atoms with Gasteiger partial charge in [0.05, 0.1) is 28.6 Å². The van der Waals surface area contributed by atoms with Crippen molar-refractivity contribution in [3.05, 3.63) is 96.1 Å². The Morgan fingerprint density at radius 2 is 1.59 bits per heavy atom. The van der Waals surface area contributed by atoms with Crippen LogP contribution in [-0.2, 0) is 5.41 Å². The van der Waals surface area contributed by atoms with Crippen molar-refractivity contribution in [1.29, 1.82) is 0 Å². The smallest absolute Gasteiger partial charge is 0.174 e. The zero-order valence-corrected chi connectivity index (χ0v) is 19.1. The molecule has 0 amide bonds. The highest BCUT2D eigenvalue weighted by atomic mass is 32.1. The number of carbonyl (C=O) groups is 1. The Balaban J connectivity index is 1.69. The molecule has 0 aliphatic rings. The number of ketones is 1. The lowest BCUT2D eigenvalue weighted by Crippen LogP contribution is -2.29. The van der Waals surface area contributed by atoms with Crippen LogP contribution in [0.2, 0.25) is 0 Å². The summed E-state index contributed by atoms with van der Waals surface area (Å²) in [5, 5.41) is 2.07. The fourth-order valence-corrected chi connectivity index (χ4v) is 5.26. The normalized spacial score (nSPS) is 11.7. The largest absolute Gasteiger partial charge is 0.497 e. The lowest BCUT2D eigenvalue weighted by atomic mass is 9.77. The molecule has 0 N–H and O–H groups in total. The molecule has 0 bridgehead atoms. The first-order valence-corrected chi connectivity index (χ1v) is 11.4. The van der Waals surface area contributed by atoms with Crippen LogP contribution in [0.25, 0.3) is 31.6 Å². The minimum absolute atomic E-state index is 0.0880. The second-order valence-corrected chi connectivity index (χ2v) is 9.43. The first-order valence-electron chi connectivity index (χ1n) is 10.6. The van der Waals surface area contributed by atoms with Crippen molar-refractivity contribution < 1.29 is 9.53 Å². The Labute approximate surface area is 191 Å². The van der Waals surface area contributed by atoms with E-state index in [4.69, 9.17) is 9.72 Å². The Bertz CT molecular complexity index is 1450. The average Bonchev–Trinajstić information content (AvgIpc) is 3.22. The number of hydrogen-bond donors (Lipinski definition) is 0. The third-order valence-electron chi connectivity index (χ3n) is 6.03. The van der Waals surface area contributed by atoms with E-state index < -0.39 is 5.41 Å². The Morgan fingerprint density at radius 3 is 2.38 bits per heavy atom. The molecule has 4 heteroatoms. The number of thiophene rings is 1. The van der Waals surface area contributed by atoms with Gasteiger partial charge in [-0.2, -0.15) is 0 Å². The summed E-state index contributed by atoms with van der Waals surface area (Å²) in [6, 6.07) is 28.0. The summed E-state index contributed by atoms with van der Waals surface area (Å²) >= 11 is 1.63. The van der Waals surface area contributed by atoms with Crippen LogP contribution in [0.4, 0.5) is 0 Å². The van der Waals surface area contributed by atoms with Crippen molar-refractivity contribution in [2.24, 2.45) is 0 Å². The van der Waals surface area contributed by atoms with Gasteiger partial charge in [-0.1, -0.05) is 54.6 Å². The highest BCUT2D eigenvalue weighted by molar-refractivity contribution is 7.22. The molecule has 0 aliphatic carbocycles. The first kappa shape index (κ1) is 20.4. The quantitative estimate of drug-likeness (QED) is 0.271. The molecule has 2 aromatic heterocycles. The van der Waals surface area contributed by atoms with Gasteiger partial charge in [0.2, 0.25) is 0 Å². The van der Waals surface area contributed by atoms with E-state index in [-0.39, 0.29) is 5.78 Å². The van der Waals surface area contributed by atoms with Crippen molar-refractivity contribution in [2.45, 2.75) is 19.3 Å². The molecule has 0 atom stereocenters. The molecule has 0 saturated heterocycles. The highest BCUT2D eigenvalue weighted by Gasteiger charge is 2.34. The van der Waals surface area contributed by atoms with Crippen molar-refractivity contribution in [3.8, 4) is 16.3 Å². The van der Waals surface area contributed by atoms with Gasteiger partial charge in [-0.25, -0.2) is 4.98 Å². The monoisotopic (exact) mass is 437 g/mol. The van der Waals surface area contributed by atoms with Gasteiger partial charge in [0, 0.05) is 21.0 Å². The zero-order chi connectivity index (χ0) is 22.3. The van der Waals surface area contributed by atoms with Gasteiger partial charge in [-0.3, -0.25) is 4.79 Å². The summed E-state index contributed by atoms with van der Waals surface area (Å²) in [7, 11) is 1.64. The van der Waals surface area contributed by atoms with Gasteiger partial charge >= 0.3 is 0 Å². The number of benzene rings is 3. The van der Waals surface area contributed by atoms with Crippen molar-refractivity contribution in [1.82, 2.24) is 4.98 Å². The number of ether oxygens (including phenoxy) is 1. The Kier molecular flexibility index (Phi) is 5.03. The lowest BCUT2D eigenvalue weighted by Gasteiger charge is -2.24. The van der Waals surface area contributed by atoms with Gasteiger partial charge in [-0.15, -0.1) is 11.3 Å². The highest BCUT2D eigenvalue weighted by Crippen LogP contribution is 2.42. The minimum atomic E-state index is -0.707. The van der Waals surface area contributed by atoms with E-state index in [1.807, 2.05) is 80.6 Å². The van der Waals surface area contributed by atoms with Crippen LogP contribution >= 0.6 is 11.3 Å². The molecule has 0 spiro atoms. The van der Waals surface area contributed by atoms with Gasteiger partial charge in [0.15, 0.2) is 5.78 Å². The number of nitrogens with zero attached hydrogens (tertiary/aromatic N) is 1. The third kappa shape index (κ3) is 3.37. The van der Waals surface area contributed by atoms with Crippen LogP contribution in [0.5, 0.6) is 5.75 Å². The molecule has 0 fully saturated rings. The van der Waals surface area contributed by atoms with Crippen LogP contribution in [0, 0.1) is 0 Å². The van der Waals surface area contributed by atoms with E-state index in [0.717, 1.165) is 48.4 Å². The Hall–Kier alpha value is -3.50. The SMILES string of the molecule is COc1ccc(C(C)(C)C(=O)c2c(-c3ccc4ccccc4n3)sc3ccccc23)cc1. The molecule has 32 heavy (non-hydrogen) atoms. The summed E-state index contributed by atoms with van der Waals surface area (Å²) in [5.74, 6) is 0.865. The van der Waals surface area contributed by atoms with E-state index in [1.165, 1.54) is 0 Å². The van der Waals surface area contributed by atoms with Crippen LogP contribution in [-0.4, -0.2) is 17.9 Å². The number of Topliss-reactive ketones (excluding diaryl/α,β-unsaturated/α-hetero) is 1. The van der Waals surface area contributed by atoms with Crippen molar-refractivity contribution in [2.75, 3.05) is 7.11 Å². The summed E-state index contributed by atoms with van der Waals surface area (Å²) < 4.78 is 6.38. The molecule has 0 saturated carbocycles. The zero-order valence-electron chi connectivity index (χ0n) is 18.3. The molecule has 0 radical (unpaired) electrons. The van der Waals surface area contributed by atoms with Crippen LogP contribution in [0.1, 0.15) is 29.8 Å². The standard InChI is InChI=1S/C28H23NO2S/c1-28(2,19-13-15-20(31-3)16-14-19)27(30)25-21-9-5-7-11-24(21)32-26(25)23-17-12-18-8-4-6-10-22(18)29-23/h4-17H,1-3H3. The lowest BCUT2D eigenvalue weighted by molar-refractivity contribution is 0.0911. The van der Waals surface area contributed by atoms with E-state index in [1.54, 1.807) is 18.4 Å². The van der Waals surface area contributed by atoms with E-state index in [9.17, 15) is 4.79 Å². The fraction of sp³-hybridized carbons (Fsp3) is 0.143. The molecule has 5 rings (SSSR count). The third-order valence-corrected chi connectivity index (χ3v) is 7.23. The molecule has 158 valence electrons. The second kappa shape index (κ2) is 7.88. The maximum absolute atomic E-state index is 14.1. The summed E-state index contributed by atoms with van der Waals surface area (Å²) in [4.78, 5) is 19.9. The number of pyridine rings is 1. The molecule has 2 heterocycles. The topological polar surface area (TPSA) is 39.2 Å². The van der Waals surface area contributed by atoms with E-state index >= 15 is 0 Å². The number of para-hydroxylation sites is 1. The first-order chi connectivity index (χ1) is 15.5. The molecule has 3 aromatic carbocycles. The maximum atomic E-state index is 14.1. The van der Waals surface area contributed by atoms with Crippen LogP contribution in [0.3, 0.4) is 0 Å². The summed E-state index contributed by atoms with van der Waals surface area (Å²) in [5.41, 5.74) is 2.75.